The van der Waals surface area contributed by atoms with Crippen LogP contribution in [-0.2, 0) is 19.7 Å². The van der Waals surface area contributed by atoms with Crippen molar-refractivity contribution in [2.45, 2.75) is 25.2 Å². The van der Waals surface area contributed by atoms with Crippen LogP contribution in [0.15, 0.2) is 42.5 Å². The van der Waals surface area contributed by atoms with Gasteiger partial charge >= 0.3 is 5.97 Å². The van der Waals surface area contributed by atoms with E-state index in [0.717, 1.165) is 18.4 Å². The highest BCUT2D eigenvalue weighted by Crippen LogP contribution is 2.25. The summed E-state index contributed by atoms with van der Waals surface area (Å²) in [4.78, 5) is 24.3. The molecule has 0 radical (unpaired) electrons. The smallest absolute Gasteiger partial charge is 0.317 e. The second kappa shape index (κ2) is 6.57. The molecule has 112 valence electrons. The number of benzene rings is 1. The van der Waals surface area contributed by atoms with Gasteiger partial charge in [0.25, 0.3) is 0 Å². The molecule has 1 N–H and O–H groups in total. The Morgan fingerprint density at radius 3 is 2.43 bits per heavy atom. The van der Waals surface area contributed by atoms with Crippen LogP contribution in [0.25, 0.3) is 0 Å². The Balaban J connectivity index is 2.10. The van der Waals surface area contributed by atoms with Crippen LogP contribution in [0, 0.1) is 5.92 Å². The zero-order valence-corrected chi connectivity index (χ0v) is 12.5. The first kappa shape index (κ1) is 15.3. The van der Waals surface area contributed by atoms with Crippen molar-refractivity contribution in [1.82, 2.24) is 5.32 Å². The van der Waals surface area contributed by atoms with Gasteiger partial charge in [0.15, 0.2) is 0 Å². The fraction of sp³-hybridized carbons (Fsp3) is 0.412. The van der Waals surface area contributed by atoms with Crippen molar-refractivity contribution in [1.29, 1.82) is 0 Å². The molecule has 21 heavy (non-hydrogen) atoms. The van der Waals surface area contributed by atoms with Gasteiger partial charge < -0.3 is 10.1 Å². The highest BCUT2D eigenvalue weighted by Gasteiger charge is 2.37. The number of carbonyl (C=O) groups is 2. The Kier molecular flexibility index (Phi) is 4.78. The van der Waals surface area contributed by atoms with E-state index in [1.165, 1.54) is 7.11 Å². The molecule has 1 aliphatic carbocycles. The molecule has 0 saturated heterocycles. The van der Waals surface area contributed by atoms with Gasteiger partial charge in [0.1, 0.15) is 5.41 Å². The van der Waals surface area contributed by atoms with Gasteiger partial charge in [0.05, 0.1) is 7.11 Å². The van der Waals surface area contributed by atoms with Gasteiger partial charge in [-0.2, -0.15) is 0 Å². The minimum atomic E-state index is -0.877. The molecule has 0 spiro atoms. The quantitative estimate of drug-likeness (QED) is 0.667. The third-order valence-electron chi connectivity index (χ3n) is 4.04. The van der Waals surface area contributed by atoms with Crippen molar-refractivity contribution in [2.75, 3.05) is 13.7 Å². The third-order valence-corrected chi connectivity index (χ3v) is 4.04. The van der Waals surface area contributed by atoms with E-state index in [-0.39, 0.29) is 24.3 Å². The largest absolute Gasteiger partial charge is 0.468 e. The number of esters is 1. The SMILES string of the molecule is COC(=O)[C@@](C)(CNC(=O)C1CC=CC1)c1ccccc1. The van der Waals surface area contributed by atoms with E-state index < -0.39 is 5.41 Å². The maximum atomic E-state index is 12.2. The van der Waals surface area contributed by atoms with Gasteiger partial charge in [0, 0.05) is 12.5 Å². The van der Waals surface area contributed by atoms with Gasteiger partial charge in [-0.05, 0) is 25.3 Å². The molecule has 1 aromatic carbocycles. The Morgan fingerprint density at radius 1 is 1.24 bits per heavy atom. The van der Waals surface area contributed by atoms with E-state index >= 15 is 0 Å². The third kappa shape index (κ3) is 3.32. The summed E-state index contributed by atoms with van der Waals surface area (Å²) in [6.45, 7) is 2.03. The van der Waals surface area contributed by atoms with Crippen LogP contribution in [0.5, 0.6) is 0 Å². The zero-order chi connectivity index (χ0) is 15.3. The van der Waals surface area contributed by atoms with E-state index in [9.17, 15) is 9.59 Å². The highest BCUT2D eigenvalue weighted by molar-refractivity contribution is 5.85. The van der Waals surface area contributed by atoms with Crippen molar-refractivity contribution in [3.8, 4) is 0 Å². The second-order valence-corrected chi connectivity index (χ2v) is 5.55. The molecule has 1 aliphatic rings. The van der Waals surface area contributed by atoms with E-state index in [2.05, 4.69) is 5.32 Å². The van der Waals surface area contributed by atoms with Crippen LogP contribution in [-0.4, -0.2) is 25.5 Å². The Morgan fingerprint density at radius 2 is 1.86 bits per heavy atom. The van der Waals surface area contributed by atoms with Crippen LogP contribution >= 0.6 is 0 Å². The summed E-state index contributed by atoms with van der Waals surface area (Å²) in [6, 6.07) is 9.39. The van der Waals surface area contributed by atoms with Crippen molar-refractivity contribution in [3.63, 3.8) is 0 Å². The average molecular weight is 287 g/mol. The van der Waals surface area contributed by atoms with Crippen molar-refractivity contribution in [2.24, 2.45) is 5.92 Å². The number of nitrogens with one attached hydrogen (secondary N) is 1. The highest BCUT2D eigenvalue weighted by atomic mass is 16.5. The lowest BCUT2D eigenvalue weighted by Crippen LogP contribution is -2.46. The summed E-state index contributed by atoms with van der Waals surface area (Å²) in [7, 11) is 1.37. The Hall–Kier alpha value is -2.10. The topological polar surface area (TPSA) is 55.4 Å². The summed E-state index contributed by atoms with van der Waals surface area (Å²) in [6.07, 6.45) is 5.57. The number of allylic oxidation sites excluding steroid dienone is 2. The molecule has 4 nitrogen and oxygen atoms in total. The second-order valence-electron chi connectivity index (χ2n) is 5.55. The van der Waals surface area contributed by atoms with E-state index in [1.807, 2.05) is 42.5 Å². The summed E-state index contributed by atoms with van der Waals surface area (Å²) >= 11 is 0. The fourth-order valence-corrected chi connectivity index (χ4v) is 2.56. The predicted octanol–water partition coefficient (Wildman–Crippen LogP) is 2.20. The van der Waals surface area contributed by atoms with Gasteiger partial charge in [0.2, 0.25) is 5.91 Å². The first-order valence-corrected chi connectivity index (χ1v) is 7.14. The molecule has 0 aliphatic heterocycles. The minimum absolute atomic E-state index is 0.00828. The zero-order valence-electron chi connectivity index (χ0n) is 12.5. The molecule has 0 unspecified atom stereocenters. The normalized spacial score (nSPS) is 17.2. The molecule has 4 heteroatoms. The molecular weight excluding hydrogens is 266 g/mol. The van der Waals surface area contributed by atoms with Crippen molar-refractivity contribution >= 4 is 11.9 Å². The predicted molar refractivity (Wildman–Crippen MR) is 80.7 cm³/mol. The Labute approximate surface area is 125 Å². The molecule has 0 fully saturated rings. The standard InChI is InChI=1S/C17H21NO3/c1-17(16(20)21-2,14-10-4-3-5-11-14)12-18-15(19)13-8-6-7-9-13/h3-7,10-11,13H,8-9,12H2,1-2H3,(H,18,19)/t17-/m0/s1. The first-order chi connectivity index (χ1) is 10.1. The number of hydrogen-bond donors (Lipinski definition) is 1. The van der Waals surface area contributed by atoms with Crippen LogP contribution in [0.3, 0.4) is 0 Å². The van der Waals surface area contributed by atoms with Gasteiger partial charge in [-0.15, -0.1) is 0 Å². The van der Waals surface area contributed by atoms with E-state index in [4.69, 9.17) is 4.74 Å². The molecule has 0 bridgehead atoms. The maximum absolute atomic E-state index is 12.2. The monoisotopic (exact) mass is 287 g/mol. The van der Waals surface area contributed by atoms with Gasteiger partial charge in [-0.3, -0.25) is 9.59 Å². The lowest BCUT2D eigenvalue weighted by atomic mass is 9.82. The number of amides is 1. The number of rotatable bonds is 5. The summed E-state index contributed by atoms with van der Waals surface area (Å²) < 4.78 is 4.92. The van der Waals surface area contributed by atoms with Crippen molar-refractivity contribution < 1.29 is 14.3 Å². The number of carbonyl (C=O) groups excluding carboxylic acids is 2. The van der Waals surface area contributed by atoms with Crippen molar-refractivity contribution in [3.05, 3.63) is 48.0 Å². The molecule has 0 saturated carbocycles. The minimum Gasteiger partial charge on any atom is -0.468 e. The van der Waals surface area contributed by atoms with Crippen LogP contribution in [0.1, 0.15) is 25.3 Å². The number of hydrogen-bond acceptors (Lipinski definition) is 3. The fourth-order valence-electron chi connectivity index (χ4n) is 2.56. The summed E-state index contributed by atoms with van der Waals surface area (Å²) in [5.41, 5.74) is -0.0424. The van der Waals surface area contributed by atoms with Crippen LogP contribution in [0.4, 0.5) is 0 Å². The Bertz CT molecular complexity index is 530. The lowest BCUT2D eigenvalue weighted by Gasteiger charge is -2.28. The number of ether oxygens (including phenoxy) is 1. The summed E-state index contributed by atoms with van der Waals surface area (Å²) in [5.74, 6) is -0.368. The number of methoxy groups -OCH3 is 1. The van der Waals surface area contributed by atoms with Crippen LogP contribution in [0.2, 0.25) is 0 Å². The van der Waals surface area contributed by atoms with E-state index in [1.54, 1.807) is 6.92 Å². The molecular formula is C17H21NO3. The summed E-state index contributed by atoms with van der Waals surface area (Å²) in [5, 5.41) is 2.90. The average Bonchev–Trinajstić information content (AvgIpc) is 3.06. The maximum Gasteiger partial charge on any atom is 0.317 e. The molecule has 2 rings (SSSR count). The molecule has 0 aromatic heterocycles. The lowest BCUT2D eigenvalue weighted by molar-refractivity contribution is -0.147. The molecule has 1 aromatic rings. The van der Waals surface area contributed by atoms with Crippen LogP contribution < -0.4 is 5.32 Å². The first-order valence-electron chi connectivity index (χ1n) is 7.14. The molecule has 1 amide bonds. The van der Waals surface area contributed by atoms with E-state index in [0.29, 0.717) is 0 Å². The van der Waals surface area contributed by atoms with Gasteiger partial charge in [-0.25, -0.2) is 0 Å². The molecule has 1 atom stereocenters. The molecule has 0 heterocycles. The van der Waals surface area contributed by atoms with Gasteiger partial charge in [-0.1, -0.05) is 42.5 Å².